The van der Waals surface area contributed by atoms with Crippen LogP contribution in [0.25, 0.3) is 0 Å². The molecule has 4 heteroatoms. The zero-order chi connectivity index (χ0) is 16.8. The third kappa shape index (κ3) is 4.74. The van der Waals surface area contributed by atoms with E-state index in [0.717, 1.165) is 16.9 Å². The van der Waals surface area contributed by atoms with Crippen molar-refractivity contribution >= 4 is 5.91 Å². The number of amides is 1. The zero-order valence-corrected chi connectivity index (χ0v) is 14.1. The zero-order valence-electron chi connectivity index (χ0n) is 14.1. The summed E-state index contributed by atoms with van der Waals surface area (Å²) in [6, 6.07) is 15.4. The fourth-order valence-electron chi connectivity index (χ4n) is 2.34. The van der Waals surface area contributed by atoms with Crippen molar-refractivity contribution in [3.05, 3.63) is 59.7 Å². The predicted octanol–water partition coefficient (Wildman–Crippen LogP) is 3.43. The second-order valence-electron chi connectivity index (χ2n) is 5.62. The van der Waals surface area contributed by atoms with Gasteiger partial charge in [-0.2, -0.15) is 0 Å². The molecule has 0 spiro atoms. The SMILES string of the molecule is COc1ccc(CN(C)C(=O)C(C)Oc2cccc(C)c2)cc1. The molecule has 0 aliphatic heterocycles. The molecule has 122 valence electrons. The Balaban J connectivity index is 1.95. The van der Waals surface area contributed by atoms with Gasteiger partial charge in [0.15, 0.2) is 6.10 Å². The first-order chi connectivity index (χ1) is 11.0. The van der Waals surface area contributed by atoms with Gasteiger partial charge in [-0.25, -0.2) is 0 Å². The molecule has 0 N–H and O–H groups in total. The molecule has 0 saturated heterocycles. The Kier molecular flexibility index (Phi) is 5.63. The summed E-state index contributed by atoms with van der Waals surface area (Å²) in [4.78, 5) is 14.1. The number of likely N-dealkylation sites (N-methyl/N-ethyl adjacent to an activating group) is 1. The molecular formula is C19H23NO3. The molecule has 2 aromatic rings. The summed E-state index contributed by atoms with van der Waals surface area (Å²) in [7, 11) is 3.41. The largest absolute Gasteiger partial charge is 0.497 e. The highest BCUT2D eigenvalue weighted by Gasteiger charge is 2.19. The van der Waals surface area contributed by atoms with Crippen LogP contribution in [-0.2, 0) is 11.3 Å². The normalized spacial score (nSPS) is 11.7. The van der Waals surface area contributed by atoms with Gasteiger partial charge in [-0.05, 0) is 49.2 Å². The number of carbonyl (C=O) groups is 1. The Labute approximate surface area is 137 Å². The number of carbonyl (C=O) groups excluding carboxylic acids is 1. The van der Waals surface area contributed by atoms with Crippen LogP contribution in [0.2, 0.25) is 0 Å². The smallest absolute Gasteiger partial charge is 0.263 e. The first-order valence-electron chi connectivity index (χ1n) is 7.61. The van der Waals surface area contributed by atoms with Crippen LogP contribution >= 0.6 is 0 Å². The minimum Gasteiger partial charge on any atom is -0.497 e. The topological polar surface area (TPSA) is 38.8 Å². The van der Waals surface area contributed by atoms with E-state index in [2.05, 4.69) is 0 Å². The molecule has 2 aromatic carbocycles. The lowest BCUT2D eigenvalue weighted by atomic mass is 10.2. The molecule has 0 aliphatic rings. The summed E-state index contributed by atoms with van der Waals surface area (Å²) in [5, 5.41) is 0. The minimum atomic E-state index is -0.528. The van der Waals surface area contributed by atoms with Crippen molar-refractivity contribution in [1.82, 2.24) is 4.90 Å². The lowest BCUT2D eigenvalue weighted by Gasteiger charge is -2.22. The van der Waals surface area contributed by atoms with Crippen LogP contribution in [0.4, 0.5) is 0 Å². The molecule has 4 nitrogen and oxygen atoms in total. The Morgan fingerprint density at radius 1 is 1.13 bits per heavy atom. The highest BCUT2D eigenvalue weighted by atomic mass is 16.5. The summed E-state index contributed by atoms with van der Waals surface area (Å²) in [6.07, 6.45) is -0.528. The monoisotopic (exact) mass is 313 g/mol. The summed E-state index contributed by atoms with van der Waals surface area (Å²) < 4.78 is 10.9. The van der Waals surface area contributed by atoms with Gasteiger partial charge < -0.3 is 14.4 Å². The van der Waals surface area contributed by atoms with Gasteiger partial charge >= 0.3 is 0 Å². The van der Waals surface area contributed by atoms with Crippen molar-refractivity contribution in [2.75, 3.05) is 14.2 Å². The number of hydrogen-bond acceptors (Lipinski definition) is 3. The number of ether oxygens (including phenoxy) is 2. The number of methoxy groups -OCH3 is 1. The molecule has 0 aliphatic carbocycles. The second kappa shape index (κ2) is 7.68. The van der Waals surface area contributed by atoms with Gasteiger partial charge in [0.25, 0.3) is 5.91 Å². The number of nitrogens with zero attached hydrogens (tertiary/aromatic N) is 1. The van der Waals surface area contributed by atoms with E-state index in [1.165, 1.54) is 0 Å². The second-order valence-corrected chi connectivity index (χ2v) is 5.62. The standard InChI is InChI=1S/C19H23NO3/c1-14-6-5-7-18(12-14)23-15(2)19(21)20(3)13-16-8-10-17(22-4)11-9-16/h5-12,15H,13H2,1-4H3. The Morgan fingerprint density at radius 3 is 2.43 bits per heavy atom. The van der Waals surface area contributed by atoms with E-state index < -0.39 is 6.10 Å². The maximum atomic E-state index is 12.4. The average molecular weight is 313 g/mol. The Morgan fingerprint density at radius 2 is 1.83 bits per heavy atom. The molecular weight excluding hydrogens is 290 g/mol. The molecule has 2 rings (SSSR count). The summed E-state index contributed by atoms with van der Waals surface area (Å²) >= 11 is 0. The van der Waals surface area contributed by atoms with E-state index in [1.54, 1.807) is 26.0 Å². The molecule has 1 atom stereocenters. The minimum absolute atomic E-state index is 0.0534. The van der Waals surface area contributed by atoms with Crippen molar-refractivity contribution < 1.29 is 14.3 Å². The first kappa shape index (κ1) is 16.9. The van der Waals surface area contributed by atoms with Gasteiger partial charge in [-0.1, -0.05) is 24.3 Å². The molecule has 0 aromatic heterocycles. The fraction of sp³-hybridized carbons (Fsp3) is 0.316. The molecule has 1 amide bonds. The molecule has 0 bridgehead atoms. The van der Waals surface area contributed by atoms with Crippen LogP contribution in [0.3, 0.4) is 0 Å². The third-order valence-corrected chi connectivity index (χ3v) is 3.61. The van der Waals surface area contributed by atoms with Gasteiger partial charge in [0.05, 0.1) is 7.11 Å². The van der Waals surface area contributed by atoms with Crippen LogP contribution in [-0.4, -0.2) is 31.1 Å². The maximum Gasteiger partial charge on any atom is 0.263 e. The van der Waals surface area contributed by atoms with E-state index >= 15 is 0 Å². The van der Waals surface area contributed by atoms with Crippen molar-refractivity contribution in [1.29, 1.82) is 0 Å². The highest BCUT2D eigenvalue weighted by Crippen LogP contribution is 2.16. The molecule has 0 fully saturated rings. The molecule has 0 heterocycles. The van der Waals surface area contributed by atoms with Crippen molar-refractivity contribution in [3.8, 4) is 11.5 Å². The van der Waals surface area contributed by atoms with Gasteiger partial charge in [0.1, 0.15) is 11.5 Å². The summed E-state index contributed by atoms with van der Waals surface area (Å²) in [5.41, 5.74) is 2.15. The van der Waals surface area contributed by atoms with Gasteiger partial charge in [-0.3, -0.25) is 4.79 Å². The van der Waals surface area contributed by atoms with Crippen LogP contribution in [0, 0.1) is 6.92 Å². The number of hydrogen-bond donors (Lipinski definition) is 0. The fourth-order valence-corrected chi connectivity index (χ4v) is 2.34. The average Bonchev–Trinajstić information content (AvgIpc) is 2.54. The maximum absolute atomic E-state index is 12.4. The molecule has 1 unspecified atom stereocenters. The summed E-state index contributed by atoms with van der Waals surface area (Å²) in [6.45, 7) is 4.30. The van der Waals surface area contributed by atoms with E-state index in [-0.39, 0.29) is 5.91 Å². The van der Waals surface area contributed by atoms with Gasteiger partial charge in [-0.15, -0.1) is 0 Å². The van der Waals surface area contributed by atoms with Crippen LogP contribution in [0.5, 0.6) is 11.5 Å². The van der Waals surface area contributed by atoms with Crippen LogP contribution in [0.1, 0.15) is 18.1 Å². The van der Waals surface area contributed by atoms with E-state index in [9.17, 15) is 4.79 Å². The number of rotatable bonds is 6. The van der Waals surface area contributed by atoms with Crippen LogP contribution in [0.15, 0.2) is 48.5 Å². The highest BCUT2D eigenvalue weighted by molar-refractivity contribution is 5.80. The van der Waals surface area contributed by atoms with Crippen molar-refractivity contribution in [3.63, 3.8) is 0 Å². The van der Waals surface area contributed by atoms with Gasteiger partial charge in [0, 0.05) is 13.6 Å². The lowest BCUT2D eigenvalue weighted by molar-refractivity contribution is -0.137. The Bertz CT molecular complexity index is 652. The molecule has 0 saturated carbocycles. The van der Waals surface area contributed by atoms with E-state index in [0.29, 0.717) is 12.3 Å². The van der Waals surface area contributed by atoms with E-state index in [1.807, 2.05) is 55.5 Å². The van der Waals surface area contributed by atoms with Gasteiger partial charge in [0.2, 0.25) is 0 Å². The first-order valence-corrected chi connectivity index (χ1v) is 7.61. The predicted molar refractivity (Wildman–Crippen MR) is 90.7 cm³/mol. The third-order valence-electron chi connectivity index (χ3n) is 3.61. The summed E-state index contributed by atoms with van der Waals surface area (Å²) in [5.74, 6) is 1.46. The number of aryl methyl sites for hydroxylation is 1. The van der Waals surface area contributed by atoms with Crippen molar-refractivity contribution in [2.45, 2.75) is 26.5 Å². The van der Waals surface area contributed by atoms with Crippen molar-refractivity contribution in [2.24, 2.45) is 0 Å². The lowest BCUT2D eigenvalue weighted by Crippen LogP contribution is -2.37. The molecule has 23 heavy (non-hydrogen) atoms. The quantitative estimate of drug-likeness (QED) is 0.820. The van der Waals surface area contributed by atoms with E-state index in [4.69, 9.17) is 9.47 Å². The number of benzene rings is 2. The van der Waals surface area contributed by atoms with Crippen LogP contribution < -0.4 is 9.47 Å². The Hall–Kier alpha value is -2.49. The molecule has 0 radical (unpaired) electrons.